The molecule has 2 aromatic rings. The van der Waals surface area contributed by atoms with Crippen molar-refractivity contribution in [3.05, 3.63) is 59.2 Å². The van der Waals surface area contributed by atoms with Gasteiger partial charge in [-0.25, -0.2) is 0 Å². The Morgan fingerprint density at radius 1 is 1.03 bits per heavy atom. The minimum Gasteiger partial charge on any atom is -0.497 e. The summed E-state index contributed by atoms with van der Waals surface area (Å²) >= 11 is 0. The van der Waals surface area contributed by atoms with E-state index < -0.39 is 0 Å². The predicted molar refractivity (Wildman–Crippen MR) is 117 cm³/mol. The van der Waals surface area contributed by atoms with E-state index in [9.17, 15) is 9.59 Å². The van der Waals surface area contributed by atoms with Gasteiger partial charge in [0.2, 0.25) is 0 Å². The molecule has 1 heterocycles. The van der Waals surface area contributed by atoms with Gasteiger partial charge in [-0.2, -0.15) is 0 Å². The molecule has 0 radical (unpaired) electrons. The third-order valence-corrected chi connectivity index (χ3v) is 5.82. The van der Waals surface area contributed by atoms with E-state index in [2.05, 4.69) is 26.8 Å². The van der Waals surface area contributed by atoms with E-state index in [1.165, 1.54) is 11.1 Å². The normalized spacial score (nSPS) is 14.6. The van der Waals surface area contributed by atoms with Crippen molar-refractivity contribution >= 4 is 11.7 Å². The van der Waals surface area contributed by atoms with Gasteiger partial charge in [-0.3, -0.25) is 9.59 Å². The molecule has 0 bridgehead atoms. The van der Waals surface area contributed by atoms with Crippen molar-refractivity contribution in [1.29, 1.82) is 0 Å². The van der Waals surface area contributed by atoms with Gasteiger partial charge < -0.3 is 14.4 Å². The third kappa shape index (κ3) is 5.21. The fourth-order valence-electron chi connectivity index (χ4n) is 4.00. The monoisotopic (exact) mass is 409 g/mol. The molecule has 0 atom stereocenters. The van der Waals surface area contributed by atoms with Crippen LogP contribution in [0.1, 0.15) is 54.1 Å². The molecule has 2 aromatic carbocycles. The highest BCUT2D eigenvalue weighted by atomic mass is 16.5. The summed E-state index contributed by atoms with van der Waals surface area (Å²) in [5.41, 5.74) is 3.16. The van der Waals surface area contributed by atoms with Crippen molar-refractivity contribution in [1.82, 2.24) is 4.90 Å². The van der Waals surface area contributed by atoms with E-state index in [4.69, 9.17) is 9.47 Å². The van der Waals surface area contributed by atoms with Crippen LogP contribution in [0.5, 0.6) is 11.5 Å². The number of amides is 1. The largest absolute Gasteiger partial charge is 0.497 e. The van der Waals surface area contributed by atoms with Crippen LogP contribution in [0, 0.1) is 12.8 Å². The summed E-state index contributed by atoms with van der Waals surface area (Å²) in [7, 11) is 1.61. The molecule has 1 fully saturated rings. The third-order valence-electron chi connectivity index (χ3n) is 5.82. The van der Waals surface area contributed by atoms with E-state index in [0.29, 0.717) is 37.4 Å². The fourth-order valence-corrected chi connectivity index (χ4v) is 4.00. The van der Waals surface area contributed by atoms with Crippen LogP contribution in [-0.4, -0.2) is 43.4 Å². The number of hydrogen-bond acceptors (Lipinski definition) is 4. The second-order valence-corrected chi connectivity index (χ2v) is 8.21. The molecular weight excluding hydrogens is 378 g/mol. The van der Waals surface area contributed by atoms with Gasteiger partial charge in [0, 0.05) is 24.6 Å². The summed E-state index contributed by atoms with van der Waals surface area (Å²) in [4.78, 5) is 27.1. The number of piperidine rings is 1. The summed E-state index contributed by atoms with van der Waals surface area (Å²) in [5.74, 6) is 1.98. The van der Waals surface area contributed by atoms with Crippen LogP contribution in [0.4, 0.5) is 0 Å². The summed E-state index contributed by atoms with van der Waals surface area (Å²) in [6.07, 6.45) is 1.36. The number of Topliss-reactive ketones (excluding diaryl/α,β-unsaturated/α-hetero) is 1. The minimum atomic E-state index is -0.0467. The zero-order valence-corrected chi connectivity index (χ0v) is 18.3. The number of benzene rings is 2. The van der Waals surface area contributed by atoms with Gasteiger partial charge in [-0.05, 0) is 73.2 Å². The van der Waals surface area contributed by atoms with E-state index in [1.807, 2.05) is 12.1 Å². The molecule has 1 amide bonds. The number of likely N-dealkylation sites (tertiary alicyclic amines) is 1. The Bertz CT molecular complexity index is 881. The quantitative estimate of drug-likeness (QED) is 0.626. The maximum absolute atomic E-state index is 12.7. The first-order valence-electron chi connectivity index (χ1n) is 10.6. The van der Waals surface area contributed by atoms with Gasteiger partial charge >= 0.3 is 0 Å². The van der Waals surface area contributed by atoms with Gasteiger partial charge in [0.15, 0.2) is 12.4 Å². The number of rotatable bonds is 7. The standard InChI is InChI=1S/C25H31NO4/c1-17(2)23-10-9-22(15-18(23)3)30-16-24(27)26-13-11-20(12-14-26)25(28)19-5-7-21(29-4)8-6-19/h5-10,15,17,20H,11-14,16H2,1-4H3. The predicted octanol–water partition coefficient (Wildman–Crippen LogP) is 4.63. The Balaban J connectivity index is 1.49. The van der Waals surface area contributed by atoms with E-state index in [1.54, 1.807) is 36.3 Å². The molecule has 1 aliphatic heterocycles. The van der Waals surface area contributed by atoms with Gasteiger partial charge in [-0.1, -0.05) is 19.9 Å². The molecule has 0 spiro atoms. The number of nitrogens with zero attached hydrogens (tertiary/aromatic N) is 1. The zero-order chi connectivity index (χ0) is 21.7. The number of ketones is 1. The molecule has 1 saturated heterocycles. The number of ether oxygens (including phenoxy) is 2. The minimum absolute atomic E-state index is 0.0254. The highest BCUT2D eigenvalue weighted by molar-refractivity contribution is 5.98. The number of methoxy groups -OCH3 is 1. The molecule has 5 nitrogen and oxygen atoms in total. The highest BCUT2D eigenvalue weighted by Crippen LogP contribution is 2.25. The number of carbonyl (C=O) groups is 2. The molecule has 0 aliphatic carbocycles. The maximum Gasteiger partial charge on any atom is 0.260 e. The Labute approximate surface area is 179 Å². The van der Waals surface area contributed by atoms with Crippen LogP contribution in [0.3, 0.4) is 0 Å². The SMILES string of the molecule is COc1ccc(C(=O)C2CCN(C(=O)COc3ccc(C(C)C)c(C)c3)CC2)cc1. The Morgan fingerprint density at radius 2 is 1.67 bits per heavy atom. The number of hydrogen-bond donors (Lipinski definition) is 0. The van der Waals surface area contributed by atoms with Crippen LogP contribution < -0.4 is 9.47 Å². The summed E-state index contributed by atoms with van der Waals surface area (Å²) in [6.45, 7) is 7.58. The van der Waals surface area contributed by atoms with E-state index in [0.717, 1.165) is 11.5 Å². The summed E-state index contributed by atoms with van der Waals surface area (Å²) in [5, 5.41) is 0. The second kappa shape index (κ2) is 9.79. The van der Waals surface area contributed by atoms with E-state index in [-0.39, 0.29) is 24.2 Å². The lowest BCUT2D eigenvalue weighted by Crippen LogP contribution is -2.42. The van der Waals surface area contributed by atoms with Crippen LogP contribution in [-0.2, 0) is 4.79 Å². The molecule has 5 heteroatoms. The van der Waals surface area contributed by atoms with Crippen molar-refractivity contribution in [3.63, 3.8) is 0 Å². The van der Waals surface area contributed by atoms with E-state index >= 15 is 0 Å². The highest BCUT2D eigenvalue weighted by Gasteiger charge is 2.28. The molecule has 30 heavy (non-hydrogen) atoms. The molecule has 160 valence electrons. The van der Waals surface area contributed by atoms with Crippen LogP contribution in [0.2, 0.25) is 0 Å². The lowest BCUT2D eigenvalue weighted by Gasteiger charge is -2.31. The number of carbonyl (C=O) groups excluding carboxylic acids is 2. The first kappa shape index (κ1) is 21.9. The van der Waals surface area contributed by atoms with Crippen LogP contribution in [0.25, 0.3) is 0 Å². The topological polar surface area (TPSA) is 55.8 Å². The lowest BCUT2D eigenvalue weighted by molar-refractivity contribution is -0.134. The molecule has 0 N–H and O–H groups in total. The van der Waals surface area contributed by atoms with Gasteiger partial charge in [-0.15, -0.1) is 0 Å². The summed E-state index contributed by atoms with van der Waals surface area (Å²) in [6, 6.07) is 13.2. The molecule has 0 unspecified atom stereocenters. The maximum atomic E-state index is 12.7. The molecule has 0 aromatic heterocycles. The van der Waals surface area contributed by atoms with Gasteiger partial charge in [0.05, 0.1) is 7.11 Å². The first-order chi connectivity index (χ1) is 14.4. The fraction of sp³-hybridized carbons (Fsp3) is 0.440. The average Bonchev–Trinajstić information content (AvgIpc) is 2.77. The van der Waals surface area contributed by atoms with Gasteiger partial charge in [0.25, 0.3) is 5.91 Å². The van der Waals surface area contributed by atoms with Crippen molar-refractivity contribution in [2.75, 3.05) is 26.8 Å². The molecule has 0 saturated carbocycles. The molecule has 3 rings (SSSR count). The zero-order valence-electron chi connectivity index (χ0n) is 18.3. The Hall–Kier alpha value is -2.82. The van der Waals surface area contributed by atoms with Crippen molar-refractivity contribution in [3.8, 4) is 11.5 Å². The van der Waals surface area contributed by atoms with Crippen molar-refractivity contribution in [2.24, 2.45) is 5.92 Å². The van der Waals surface area contributed by atoms with Crippen LogP contribution >= 0.6 is 0 Å². The van der Waals surface area contributed by atoms with Crippen molar-refractivity contribution in [2.45, 2.75) is 39.5 Å². The van der Waals surface area contributed by atoms with Gasteiger partial charge in [0.1, 0.15) is 11.5 Å². The smallest absolute Gasteiger partial charge is 0.260 e. The Morgan fingerprint density at radius 3 is 2.23 bits per heavy atom. The molecule has 1 aliphatic rings. The lowest BCUT2D eigenvalue weighted by atomic mass is 9.89. The molecular formula is C25H31NO4. The Kier molecular flexibility index (Phi) is 7.14. The van der Waals surface area contributed by atoms with Crippen LogP contribution in [0.15, 0.2) is 42.5 Å². The van der Waals surface area contributed by atoms with Crippen molar-refractivity contribution < 1.29 is 19.1 Å². The number of aryl methyl sites for hydroxylation is 1. The first-order valence-corrected chi connectivity index (χ1v) is 10.6. The summed E-state index contributed by atoms with van der Waals surface area (Å²) < 4.78 is 10.9. The second-order valence-electron chi connectivity index (χ2n) is 8.21. The average molecular weight is 410 g/mol.